The van der Waals surface area contributed by atoms with Crippen LogP contribution in [0.25, 0.3) is 22.3 Å². The van der Waals surface area contributed by atoms with E-state index in [0.717, 1.165) is 53.0 Å². The van der Waals surface area contributed by atoms with E-state index in [2.05, 4.69) is 29.0 Å². The topological polar surface area (TPSA) is 89.5 Å². The van der Waals surface area contributed by atoms with E-state index >= 15 is 0 Å². The lowest BCUT2D eigenvalue weighted by Crippen LogP contribution is -2.45. The first-order valence-electron chi connectivity index (χ1n) is 13.5. The maximum absolute atomic E-state index is 14.1. The van der Waals surface area contributed by atoms with Crippen molar-refractivity contribution in [1.82, 2.24) is 20.3 Å². The molecule has 2 aliphatic rings. The summed E-state index contributed by atoms with van der Waals surface area (Å²) in [6, 6.07) is 14.9. The normalized spacial score (nSPS) is 20.7. The monoisotopic (exact) mass is 593 g/mol. The summed E-state index contributed by atoms with van der Waals surface area (Å²) in [6.45, 7) is 6.14. The van der Waals surface area contributed by atoms with Crippen LogP contribution in [0.2, 0.25) is 5.02 Å². The van der Waals surface area contributed by atoms with Crippen LogP contribution < -0.4 is 15.0 Å². The number of hydrogen-bond acceptors (Lipinski definition) is 8. The number of pyridine rings is 3. The van der Waals surface area contributed by atoms with Gasteiger partial charge in [0.2, 0.25) is 0 Å². The average molecular weight is 594 g/mol. The van der Waals surface area contributed by atoms with Gasteiger partial charge in [0.25, 0.3) is 5.91 Å². The molecule has 8 nitrogen and oxygen atoms in total. The maximum Gasteiger partial charge on any atom is 0.251 e. The third-order valence-corrected chi connectivity index (χ3v) is 8.25. The van der Waals surface area contributed by atoms with Crippen LogP contribution in [0.4, 0.5) is 10.2 Å². The molecule has 1 aromatic carbocycles. The summed E-state index contributed by atoms with van der Waals surface area (Å²) in [5, 5.41) is 4.04. The van der Waals surface area contributed by atoms with Crippen molar-refractivity contribution in [3.05, 3.63) is 71.0 Å². The summed E-state index contributed by atoms with van der Waals surface area (Å²) in [6.07, 6.45) is 2.27. The van der Waals surface area contributed by atoms with Gasteiger partial charge in [0.15, 0.2) is 11.3 Å². The number of carbonyl (C=O) groups is 1. The number of benzene rings is 1. The first kappa shape index (κ1) is 27.7. The number of hydrogen-bond donors (Lipinski definition) is 1. The van der Waals surface area contributed by atoms with Gasteiger partial charge >= 0.3 is 0 Å². The minimum absolute atomic E-state index is 0.138. The lowest BCUT2D eigenvalue weighted by Gasteiger charge is -2.36. The predicted octanol–water partition coefficient (Wildman–Crippen LogP) is 6.06. The molecule has 3 atom stereocenters. The Morgan fingerprint density at radius 2 is 1.93 bits per heavy atom. The molecule has 2 aliphatic heterocycles. The van der Waals surface area contributed by atoms with Crippen molar-refractivity contribution < 1.29 is 18.7 Å². The zero-order chi connectivity index (χ0) is 28.5. The highest BCUT2D eigenvalue weighted by Crippen LogP contribution is 2.42. The molecule has 1 fully saturated rings. The fourth-order valence-electron chi connectivity index (χ4n) is 5.05. The second kappa shape index (κ2) is 11.8. The van der Waals surface area contributed by atoms with E-state index in [9.17, 15) is 9.18 Å². The van der Waals surface area contributed by atoms with Gasteiger partial charge in [-0.1, -0.05) is 29.4 Å². The van der Waals surface area contributed by atoms with E-state index in [0.29, 0.717) is 21.9 Å². The molecule has 0 bridgehead atoms. The van der Waals surface area contributed by atoms with Gasteiger partial charge in [0, 0.05) is 36.7 Å². The first-order valence-corrected chi connectivity index (χ1v) is 14.8. The fraction of sp³-hybridized carbons (Fsp3) is 0.333. The number of morpholine rings is 1. The predicted molar refractivity (Wildman–Crippen MR) is 158 cm³/mol. The van der Waals surface area contributed by atoms with Crippen molar-refractivity contribution in [3.8, 4) is 17.1 Å². The molecule has 5 heterocycles. The second-order valence-corrected chi connectivity index (χ2v) is 11.8. The number of rotatable bonds is 5. The van der Waals surface area contributed by atoms with E-state index in [1.54, 1.807) is 12.3 Å². The fourth-order valence-corrected chi connectivity index (χ4v) is 6.34. The summed E-state index contributed by atoms with van der Waals surface area (Å²) in [5.41, 5.74) is 2.14. The number of amides is 1. The largest absolute Gasteiger partial charge is 0.491 e. The van der Waals surface area contributed by atoms with Gasteiger partial charge in [0.05, 0.1) is 57.9 Å². The quantitative estimate of drug-likeness (QED) is 0.299. The van der Waals surface area contributed by atoms with E-state index in [1.165, 1.54) is 6.07 Å². The number of fused-ring (bicyclic) bond motifs is 2. The van der Waals surface area contributed by atoms with Crippen LogP contribution >= 0.6 is 23.4 Å². The number of anilines is 1. The third-order valence-electron chi connectivity index (χ3n) is 6.92. The van der Waals surface area contributed by atoms with E-state index in [-0.39, 0.29) is 42.7 Å². The van der Waals surface area contributed by atoms with Gasteiger partial charge < -0.3 is 19.7 Å². The van der Waals surface area contributed by atoms with Crippen LogP contribution in [-0.4, -0.2) is 58.3 Å². The van der Waals surface area contributed by atoms with Crippen LogP contribution in [0.3, 0.4) is 0 Å². The molecule has 1 N–H and O–H groups in total. The molecule has 0 spiro atoms. The van der Waals surface area contributed by atoms with Gasteiger partial charge in [-0.05, 0) is 56.3 Å². The number of aromatic nitrogens is 3. The SMILES string of the molecule is C[C@@H]1CN(c2cccc(-c3ccc4cnc(CNC(=O)c5cc(Cl)c6c(c5)S[C@@H](F)CCO6)cc4n3)n2)C[C@H](C)O1. The molecule has 0 unspecified atom stereocenters. The van der Waals surface area contributed by atoms with Gasteiger partial charge in [-0.3, -0.25) is 9.78 Å². The molecule has 0 aliphatic carbocycles. The Morgan fingerprint density at radius 3 is 2.76 bits per heavy atom. The van der Waals surface area contributed by atoms with Crippen molar-refractivity contribution in [2.75, 3.05) is 24.6 Å². The van der Waals surface area contributed by atoms with Crippen molar-refractivity contribution in [1.29, 1.82) is 0 Å². The standard InChI is InChI=1S/C30H29ClFN5O3S/c1-17-15-37(16-18(2)40-17)28-5-3-4-23(36-28)24-7-6-19-13-33-21(12-25(19)35-24)14-34-30(38)20-10-22(31)29-26(11-20)41-27(32)8-9-39-29/h3-7,10-13,17-18,27H,8-9,14-16H2,1-2H3,(H,34,38)/t17-,18+,27-/m1/s1. The zero-order valence-electron chi connectivity index (χ0n) is 22.6. The molecule has 0 saturated carbocycles. The Balaban J connectivity index is 1.19. The highest BCUT2D eigenvalue weighted by Gasteiger charge is 2.24. The molecule has 212 valence electrons. The smallest absolute Gasteiger partial charge is 0.251 e. The number of carbonyl (C=O) groups excluding carboxylic acids is 1. The minimum Gasteiger partial charge on any atom is -0.491 e. The lowest BCUT2D eigenvalue weighted by atomic mass is 10.1. The van der Waals surface area contributed by atoms with Crippen LogP contribution in [-0.2, 0) is 11.3 Å². The number of alkyl halides is 1. The van der Waals surface area contributed by atoms with Crippen LogP contribution in [0.5, 0.6) is 5.75 Å². The number of nitrogens with one attached hydrogen (secondary N) is 1. The zero-order valence-corrected chi connectivity index (χ0v) is 24.2. The third kappa shape index (κ3) is 6.24. The van der Waals surface area contributed by atoms with Gasteiger partial charge in [-0.25, -0.2) is 14.4 Å². The molecule has 4 aromatic rings. The number of halogens is 2. The second-order valence-electron chi connectivity index (χ2n) is 10.2. The Morgan fingerprint density at radius 1 is 1.12 bits per heavy atom. The first-order chi connectivity index (χ1) is 19.8. The Bertz CT molecular complexity index is 1600. The summed E-state index contributed by atoms with van der Waals surface area (Å²) in [7, 11) is 0. The highest BCUT2D eigenvalue weighted by molar-refractivity contribution is 7.99. The molecular formula is C30H29ClFN5O3S. The molecular weight excluding hydrogens is 565 g/mol. The molecule has 6 rings (SSSR count). The maximum atomic E-state index is 14.1. The molecule has 1 amide bonds. The van der Waals surface area contributed by atoms with Gasteiger partial charge in [-0.2, -0.15) is 0 Å². The Kier molecular flexibility index (Phi) is 7.96. The van der Waals surface area contributed by atoms with Gasteiger partial charge in [0.1, 0.15) is 5.82 Å². The molecule has 1 saturated heterocycles. The van der Waals surface area contributed by atoms with Crippen molar-refractivity contribution in [2.45, 2.75) is 49.4 Å². The molecule has 11 heteroatoms. The molecule has 0 radical (unpaired) electrons. The van der Waals surface area contributed by atoms with Crippen LogP contribution in [0.15, 0.2) is 59.6 Å². The summed E-state index contributed by atoms with van der Waals surface area (Å²) < 4.78 is 25.5. The van der Waals surface area contributed by atoms with Crippen molar-refractivity contribution in [2.24, 2.45) is 0 Å². The Labute approximate surface area is 246 Å². The number of ether oxygens (including phenoxy) is 2. The highest BCUT2D eigenvalue weighted by atomic mass is 35.5. The van der Waals surface area contributed by atoms with E-state index in [1.807, 2.05) is 36.4 Å². The van der Waals surface area contributed by atoms with Crippen molar-refractivity contribution in [3.63, 3.8) is 0 Å². The summed E-state index contributed by atoms with van der Waals surface area (Å²) >= 11 is 7.36. The number of nitrogens with zero attached hydrogens (tertiary/aromatic N) is 4. The van der Waals surface area contributed by atoms with E-state index < -0.39 is 5.50 Å². The van der Waals surface area contributed by atoms with Crippen LogP contribution in [0.1, 0.15) is 36.3 Å². The van der Waals surface area contributed by atoms with Gasteiger partial charge in [-0.15, -0.1) is 0 Å². The molecule has 41 heavy (non-hydrogen) atoms. The molecule has 3 aromatic heterocycles. The van der Waals surface area contributed by atoms with Crippen LogP contribution in [0, 0.1) is 0 Å². The Hall–Kier alpha value is -3.47. The van der Waals surface area contributed by atoms with E-state index in [4.69, 9.17) is 31.0 Å². The summed E-state index contributed by atoms with van der Waals surface area (Å²) in [4.78, 5) is 29.9. The average Bonchev–Trinajstić information content (AvgIpc) is 3.16. The minimum atomic E-state index is -1.12. The lowest BCUT2D eigenvalue weighted by molar-refractivity contribution is -0.00545. The number of thioether (sulfide) groups is 1. The van der Waals surface area contributed by atoms with Crippen molar-refractivity contribution >= 4 is 46.0 Å². The summed E-state index contributed by atoms with van der Waals surface area (Å²) in [5.74, 6) is 0.973.